The van der Waals surface area contributed by atoms with Crippen molar-refractivity contribution in [2.75, 3.05) is 18.9 Å². The number of furan rings is 1. The summed E-state index contributed by atoms with van der Waals surface area (Å²) < 4.78 is 5.18. The molecular weight excluding hydrogens is 342 g/mol. The maximum Gasteiger partial charge on any atom is 0.241 e. The highest BCUT2D eigenvalue weighted by Gasteiger charge is 2.20. The third-order valence-corrected chi connectivity index (χ3v) is 4.49. The smallest absolute Gasteiger partial charge is 0.241 e. The molecule has 0 aliphatic carbocycles. The zero-order chi connectivity index (χ0) is 20.0. The number of nitrogens with one attached hydrogen (secondary N) is 2. The average Bonchev–Trinajstić information content (AvgIpc) is 3.12. The first-order valence-corrected chi connectivity index (χ1v) is 9.07. The molecule has 146 valence electrons. The Morgan fingerprint density at radius 1 is 1.15 bits per heavy atom. The second-order valence-corrected chi connectivity index (χ2v) is 7.76. The molecule has 0 aliphatic rings. The molecule has 0 unspecified atom stereocenters. The number of hydrogen-bond acceptors (Lipinski definition) is 4. The van der Waals surface area contributed by atoms with Crippen molar-refractivity contribution in [3.63, 3.8) is 0 Å². The van der Waals surface area contributed by atoms with E-state index in [-0.39, 0.29) is 23.8 Å². The number of benzene rings is 1. The lowest BCUT2D eigenvalue weighted by atomic mass is 9.87. The van der Waals surface area contributed by atoms with E-state index in [1.807, 2.05) is 24.3 Å². The number of rotatable bonds is 7. The SMILES string of the molecule is C[C@H](C(=O)Nc1ccc(C(C)(C)C)cc1)N(C)CC(=O)NCc1ccco1. The third kappa shape index (κ3) is 6.25. The molecule has 1 atom stereocenters. The van der Waals surface area contributed by atoms with Crippen molar-refractivity contribution in [3.8, 4) is 0 Å². The third-order valence-electron chi connectivity index (χ3n) is 4.49. The fraction of sp³-hybridized carbons (Fsp3) is 0.429. The molecule has 1 heterocycles. The summed E-state index contributed by atoms with van der Waals surface area (Å²) in [5.74, 6) is 0.374. The predicted octanol–water partition coefficient (Wildman–Crippen LogP) is 3.15. The van der Waals surface area contributed by atoms with Crippen molar-refractivity contribution >= 4 is 17.5 Å². The van der Waals surface area contributed by atoms with Crippen LogP contribution < -0.4 is 10.6 Å². The normalized spacial score (nSPS) is 12.7. The van der Waals surface area contributed by atoms with Crippen molar-refractivity contribution in [1.82, 2.24) is 10.2 Å². The zero-order valence-corrected chi connectivity index (χ0v) is 16.7. The van der Waals surface area contributed by atoms with Gasteiger partial charge in [0.25, 0.3) is 0 Å². The van der Waals surface area contributed by atoms with Gasteiger partial charge in [-0.05, 0) is 49.2 Å². The lowest BCUT2D eigenvalue weighted by molar-refractivity contribution is -0.125. The fourth-order valence-corrected chi connectivity index (χ4v) is 2.52. The molecule has 0 saturated carbocycles. The molecule has 6 nitrogen and oxygen atoms in total. The van der Waals surface area contributed by atoms with Crippen LogP contribution in [0.1, 0.15) is 39.0 Å². The quantitative estimate of drug-likeness (QED) is 0.784. The Balaban J connectivity index is 1.83. The summed E-state index contributed by atoms with van der Waals surface area (Å²) in [5.41, 5.74) is 2.02. The van der Waals surface area contributed by atoms with Gasteiger partial charge in [-0.2, -0.15) is 0 Å². The summed E-state index contributed by atoms with van der Waals surface area (Å²) in [6, 6.07) is 11.0. The van der Waals surface area contributed by atoms with Crippen molar-refractivity contribution < 1.29 is 14.0 Å². The van der Waals surface area contributed by atoms with E-state index in [4.69, 9.17) is 4.42 Å². The number of carbonyl (C=O) groups is 2. The molecular formula is C21H29N3O3. The number of anilines is 1. The number of hydrogen-bond donors (Lipinski definition) is 2. The van der Waals surface area contributed by atoms with Crippen LogP contribution in [0.15, 0.2) is 47.1 Å². The minimum Gasteiger partial charge on any atom is -0.467 e. The molecule has 0 fully saturated rings. The van der Waals surface area contributed by atoms with Crippen molar-refractivity contribution in [3.05, 3.63) is 54.0 Å². The number of nitrogens with zero attached hydrogens (tertiary/aromatic N) is 1. The highest BCUT2D eigenvalue weighted by atomic mass is 16.3. The van der Waals surface area contributed by atoms with Gasteiger partial charge in [0.15, 0.2) is 0 Å². The maximum atomic E-state index is 12.5. The van der Waals surface area contributed by atoms with Crippen molar-refractivity contribution in [1.29, 1.82) is 0 Å². The molecule has 27 heavy (non-hydrogen) atoms. The van der Waals surface area contributed by atoms with E-state index in [2.05, 4.69) is 31.4 Å². The number of likely N-dealkylation sites (N-methyl/N-ethyl adjacent to an activating group) is 1. The summed E-state index contributed by atoms with van der Waals surface area (Å²) in [7, 11) is 1.75. The molecule has 0 saturated heterocycles. The minimum atomic E-state index is -0.443. The fourth-order valence-electron chi connectivity index (χ4n) is 2.52. The van der Waals surface area contributed by atoms with Gasteiger partial charge >= 0.3 is 0 Å². The van der Waals surface area contributed by atoms with Crippen LogP contribution in [-0.4, -0.2) is 36.3 Å². The summed E-state index contributed by atoms with van der Waals surface area (Å²) in [6.07, 6.45) is 1.56. The second-order valence-electron chi connectivity index (χ2n) is 7.76. The molecule has 0 bridgehead atoms. The Labute approximate surface area is 160 Å². The second kappa shape index (κ2) is 8.86. The van der Waals surface area contributed by atoms with E-state index in [9.17, 15) is 9.59 Å². The van der Waals surface area contributed by atoms with Gasteiger partial charge in [-0.15, -0.1) is 0 Å². The zero-order valence-electron chi connectivity index (χ0n) is 16.7. The van der Waals surface area contributed by atoms with E-state index in [1.165, 1.54) is 5.56 Å². The standard InChI is InChI=1S/C21H29N3O3/c1-15(24(5)14-19(25)22-13-18-7-6-12-27-18)20(26)23-17-10-8-16(9-11-17)21(2,3)4/h6-12,15H,13-14H2,1-5H3,(H,22,25)(H,23,26)/t15-/m1/s1. The summed E-state index contributed by atoms with van der Waals surface area (Å²) in [4.78, 5) is 26.2. The first kappa shape index (κ1) is 20.7. The van der Waals surface area contributed by atoms with E-state index in [0.29, 0.717) is 12.3 Å². The molecule has 1 aromatic heterocycles. The van der Waals surface area contributed by atoms with E-state index < -0.39 is 6.04 Å². The van der Waals surface area contributed by atoms with E-state index in [0.717, 1.165) is 5.69 Å². The largest absolute Gasteiger partial charge is 0.467 e. The lowest BCUT2D eigenvalue weighted by Crippen LogP contribution is -2.44. The summed E-state index contributed by atoms with van der Waals surface area (Å²) >= 11 is 0. The first-order valence-electron chi connectivity index (χ1n) is 9.07. The predicted molar refractivity (Wildman–Crippen MR) is 106 cm³/mol. The Morgan fingerprint density at radius 2 is 1.81 bits per heavy atom. The van der Waals surface area contributed by atoms with Crippen LogP contribution in [0, 0.1) is 0 Å². The highest BCUT2D eigenvalue weighted by Crippen LogP contribution is 2.23. The van der Waals surface area contributed by atoms with E-state index >= 15 is 0 Å². The van der Waals surface area contributed by atoms with Crippen LogP contribution in [-0.2, 0) is 21.5 Å². The molecule has 0 spiro atoms. The molecule has 2 amide bonds. The van der Waals surface area contributed by atoms with Crippen LogP contribution in [0.3, 0.4) is 0 Å². The van der Waals surface area contributed by atoms with Gasteiger partial charge in [-0.25, -0.2) is 0 Å². The average molecular weight is 371 g/mol. The van der Waals surface area contributed by atoms with Gasteiger partial charge in [0.2, 0.25) is 11.8 Å². The molecule has 2 rings (SSSR count). The van der Waals surface area contributed by atoms with Gasteiger partial charge in [0.05, 0.1) is 25.4 Å². The lowest BCUT2D eigenvalue weighted by Gasteiger charge is -2.23. The molecule has 2 N–H and O–H groups in total. The van der Waals surface area contributed by atoms with Gasteiger partial charge in [-0.3, -0.25) is 14.5 Å². The van der Waals surface area contributed by atoms with Gasteiger partial charge in [0.1, 0.15) is 5.76 Å². The number of amides is 2. The van der Waals surface area contributed by atoms with Crippen LogP contribution in [0.4, 0.5) is 5.69 Å². The van der Waals surface area contributed by atoms with Crippen LogP contribution in [0.25, 0.3) is 0 Å². The summed E-state index contributed by atoms with van der Waals surface area (Å²) in [5, 5.41) is 5.68. The van der Waals surface area contributed by atoms with Crippen LogP contribution in [0.5, 0.6) is 0 Å². The first-order chi connectivity index (χ1) is 12.7. The number of carbonyl (C=O) groups excluding carboxylic acids is 2. The molecule has 0 aliphatic heterocycles. The monoisotopic (exact) mass is 371 g/mol. The maximum absolute atomic E-state index is 12.5. The molecule has 1 aromatic carbocycles. The molecule has 6 heteroatoms. The highest BCUT2D eigenvalue weighted by molar-refractivity contribution is 5.94. The molecule has 0 radical (unpaired) electrons. The topological polar surface area (TPSA) is 74.6 Å². The Hall–Kier alpha value is -2.60. The van der Waals surface area contributed by atoms with Gasteiger partial charge in [0, 0.05) is 5.69 Å². The van der Waals surface area contributed by atoms with Gasteiger partial charge < -0.3 is 15.1 Å². The van der Waals surface area contributed by atoms with E-state index in [1.54, 1.807) is 37.3 Å². The Kier molecular flexibility index (Phi) is 6.80. The van der Waals surface area contributed by atoms with Crippen molar-refractivity contribution in [2.24, 2.45) is 0 Å². The summed E-state index contributed by atoms with van der Waals surface area (Å²) in [6.45, 7) is 8.68. The Morgan fingerprint density at radius 3 is 2.37 bits per heavy atom. The van der Waals surface area contributed by atoms with Crippen molar-refractivity contribution in [2.45, 2.75) is 45.7 Å². The minimum absolute atomic E-state index is 0.0685. The Bertz CT molecular complexity index is 746. The molecule has 2 aromatic rings. The van der Waals surface area contributed by atoms with Crippen LogP contribution in [0.2, 0.25) is 0 Å². The van der Waals surface area contributed by atoms with Gasteiger partial charge in [-0.1, -0.05) is 32.9 Å². The van der Waals surface area contributed by atoms with Crippen LogP contribution >= 0.6 is 0 Å².